The first-order valence-electron chi connectivity index (χ1n) is 6.23. The molecule has 0 aliphatic carbocycles. The molecule has 1 aromatic heterocycles. The van der Waals surface area contributed by atoms with Crippen LogP contribution < -0.4 is 15.0 Å². The van der Waals surface area contributed by atoms with Gasteiger partial charge < -0.3 is 19.6 Å². The standard InChI is InChI=1S/C14H14N2O5/c1-3-10-15-11(17)7-12(16-10)21-13-8(14(18)19)5-4-6-9(13)20-2/h4-7H,3H2,1-2H3,(H,18,19)(H,15,16,17). The lowest BCUT2D eigenvalue weighted by Crippen LogP contribution is -2.11. The Morgan fingerprint density at radius 2 is 2.19 bits per heavy atom. The molecule has 7 nitrogen and oxygen atoms in total. The van der Waals surface area contributed by atoms with Crippen LogP contribution >= 0.6 is 0 Å². The number of rotatable bonds is 5. The molecule has 1 heterocycles. The van der Waals surface area contributed by atoms with E-state index in [1.54, 1.807) is 6.07 Å². The quantitative estimate of drug-likeness (QED) is 0.871. The Labute approximate surface area is 120 Å². The number of methoxy groups -OCH3 is 1. The number of nitrogens with zero attached hydrogens (tertiary/aromatic N) is 1. The molecule has 0 radical (unpaired) electrons. The second-order valence-corrected chi connectivity index (χ2v) is 4.13. The fraction of sp³-hybridized carbons (Fsp3) is 0.214. The van der Waals surface area contributed by atoms with E-state index in [4.69, 9.17) is 9.47 Å². The second-order valence-electron chi connectivity index (χ2n) is 4.13. The van der Waals surface area contributed by atoms with Gasteiger partial charge in [-0.3, -0.25) is 4.79 Å². The monoisotopic (exact) mass is 290 g/mol. The van der Waals surface area contributed by atoms with Crippen molar-refractivity contribution in [3.63, 3.8) is 0 Å². The molecule has 2 aromatic rings. The molecule has 2 N–H and O–H groups in total. The average molecular weight is 290 g/mol. The third kappa shape index (κ3) is 3.19. The zero-order valence-electron chi connectivity index (χ0n) is 11.5. The van der Waals surface area contributed by atoms with Gasteiger partial charge in [0.15, 0.2) is 11.5 Å². The van der Waals surface area contributed by atoms with Gasteiger partial charge in [-0.05, 0) is 12.1 Å². The Bertz CT molecular complexity index is 724. The Morgan fingerprint density at radius 1 is 1.43 bits per heavy atom. The number of hydrogen-bond acceptors (Lipinski definition) is 5. The molecule has 0 saturated heterocycles. The number of aromatic nitrogens is 2. The van der Waals surface area contributed by atoms with Gasteiger partial charge in [0.25, 0.3) is 5.56 Å². The van der Waals surface area contributed by atoms with Gasteiger partial charge in [-0.2, -0.15) is 4.98 Å². The summed E-state index contributed by atoms with van der Waals surface area (Å²) >= 11 is 0. The van der Waals surface area contributed by atoms with E-state index in [0.717, 1.165) is 6.07 Å². The number of aryl methyl sites for hydroxylation is 1. The summed E-state index contributed by atoms with van der Waals surface area (Å²) in [6.45, 7) is 1.83. The molecule has 0 aliphatic rings. The Morgan fingerprint density at radius 3 is 2.81 bits per heavy atom. The van der Waals surface area contributed by atoms with Gasteiger partial charge in [-0.15, -0.1) is 0 Å². The van der Waals surface area contributed by atoms with Crippen LogP contribution in [0.1, 0.15) is 23.1 Å². The summed E-state index contributed by atoms with van der Waals surface area (Å²) in [6.07, 6.45) is 0.518. The Hall–Kier alpha value is -2.83. The molecule has 0 unspecified atom stereocenters. The van der Waals surface area contributed by atoms with Gasteiger partial charge in [0, 0.05) is 6.42 Å². The lowest BCUT2D eigenvalue weighted by molar-refractivity contribution is 0.0693. The van der Waals surface area contributed by atoms with Gasteiger partial charge in [-0.25, -0.2) is 4.79 Å². The van der Waals surface area contributed by atoms with Crippen molar-refractivity contribution in [1.29, 1.82) is 0 Å². The van der Waals surface area contributed by atoms with Crippen LogP contribution in [-0.4, -0.2) is 28.2 Å². The van der Waals surface area contributed by atoms with Gasteiger partial charge in [0.05, 0.1) is 13.2 Å². The minimum Gasteiger partial charge on any atom is -0.493 e. The van der Waals surface area contributed by atoms with E-state index in [-0.39, 0.29) is 28.5 Å². The molecule has 2 rings (SSSR count). The predicted molar refractivity (Wildman–Crippen MR) is 74.3 cm³/mol. The average Bonchev–Trinajstić information content (AvgIpc) is 2.46. The molecule has 21 heavy (non-hydrogen) atoms. The van der Waals surface area contributed by atoms with Crippen LogP contribution in [0.5, 0.6) is 17.4 Å². The molecule has 0 bridgehead atoms. The highest BCUT2D eigenvalue weighted by Crippen LogP contribution is 2.34. The molecule has 0 saturated carbocycles. The highest BCUT2D eigenvalue weighted by molar-refractivity contribution is 5.92. The molecular formula is C14H14N2O5. The molecule has 0 fully saturated rings. The minimum absolute atomic E-state index is 0.00709. The molecule has 0 spiro atoms. The van der Waals surface area contributed by atoms with Crippen LogP contribution in [0.3, 0.4) is 0 Å². The maximum Gasteiger partial charge on any atom is 0.339 e. The number of hydrogen-bond donors (Lipinski definition) is 2. The van der Waals surface area contributed by atoms with Crippen molar-refractivity contribution in [3.05, 3.63) is 46.0 Å². The summed E-state index contributed by atoms with van der Waals surface area (Å²) in [5.41, 5.74) is -0.446. The largest absolute Gasteiger partial charge is 0.493 e. The van der Waals surface area contributed by atoms with Gasteiger partial charge in [0.1, 0.15) is 11.4 Å². The van der Waals surface area contributed by atoms with Crippen molar-refractivity contribution < 1.29 is 19.4 Å². The topological polar surface area (TPSA) is 102 Å². The normalized spacial score (nSPS) is 10.2. The van der Waals surface area contributed by atoms with Gasteiger partial charge >= 0.3 is 5.97 Å². The lowest BCUT2D eigenvalue weighted by Gasteiger charge is -2.12. The van der Waals surface area contributed by atoms with Crippen molar-refractivity contribution in [2.45, 2.75) is 13.3 Å². The first-order valence-corrected chi connectivity index (χ1v) is 6.23. The van der Waals surface area contributed by atoms with Crippen molar-refractivity contribution in [2.75, 3.05) is 7.11 Å². The van der Waals surface area contributed by atoms with Crippen LogP contribution in [0, 0.1) is 0 Å². The van der Waals surface area contributed by atoms with Crippen molar-refractivity contribution >= 4 is 5.97 Å². The fourth-order valence-electron chi connectivity index (χ4n) is 1.76. The Kier molecular flexibility index (Phi) is 4.22. The summed E-state index contributed by atoms with van der Waals surface area (Å²) in [6, 6.07) is 5.64. The van der Waals surface area contributed by atoms with Crippen LogP contribution in [0.15, 0.2) is 29.1 Å². The molecule has 0 amide bonds. The predicted octanol–water partition coefficient (Wildman–Crippen LogP) is 1.83. The summed E-state index contributed by atoms with van der Waals surface area (Å²) in [7, 11) is 1.40. The number of H-pyrrole nitrogens is 1. The number of aromatic carboxylic acids is 1. The molecular weight excluding hydrogens is 276 g/mol. The number of carboxylic acids is 1. The molecule has 110 valence electrons. The summed E-state index contributed by atoms with van der Waals surface area (Å²) in [4.78, 5) is 29.4. The summed E-state index contributed by atoms with van der Waals surface area (Å²) in [5.74, 6) is -0.445. The minimum atomic E-state index is -1.16. The Balaban J connectivity index is 2.50. The summed E-state index contributed by atoms with van der Waals surface area (Å²) in [5, 5.41) is 9.20. The van der Waals surface area contributed by atoms with E-state index >= 15 is 0 Å². The lowest BCUT2D eigenvalue weighted by atomic mass is 10.2. The molecule has 1 aromatic carbocycles. The first-order chi connectivity index (χ1) is 10.0. The highest BCUT2D eigenvalue weighted by Gasteiger charge is 2.18. The third-order valence-electron chi connectivity index (χ3n) is 2.74. The third-order valence-corrected chi connectivity index (χ3v) is 2.74. The van der Waals surface area contributed by atoms with Crippen LogP contribution in [0.4, 0.5) is 0 Å². The van der Waals surface area contributed by atoms with Crippen molar-refractivity contribution in [1.82, 2.24) is 9.97 Å². The molecule has 0 atom stereocenters. The van der Waals surface area contributed by atoms with Crippen molar-refractivity contribution in [3.8, 4) is 17.4 Å². The van der Waals surface area contributed by atoms with Crippen LogP contribution in [-0.2, 0) is 6.42 Å². The van der Waals surface area contributed by atoms with Crippen LogP contribution in [0.25, 0.3) is 0 Å². The van der Waals surface area contributed by atoms with Gasteiger partial charge in [0.2, 0.25) is 5.88 Å². The number of ether oxygens (including phenoxy) is 2. The van der Waals surface area contributed by atoms with Gasteiger partial charge in [-0.1, -0.05) is 13.0 Å². The number of carbonyl (C=O) groups is 1. The number of carboxylic acid groups (broad SMARTS) is 1. The maximum atomic E-state index is 11.5. The number of benzene rings is 1. The van der Waals surface area contributed by atoms with Crippen molar-refractivity contribution in [2.24, 2.45) is 0 Å². The van der Waals surface area contributed by atoms with E-state index < -0.39 is 5.97 Å². The van der Waals surface area contributed by atoms with E-state index in [9.17, 15) is 14.7 Å². The summed E-state index contributed by atoms with van der Waals surface area (Å²) < 4.78 is 10.6. The number of aromatic amines is 1. The maximum absolute atomic E-state index is 11.5. The van der Waals surface area contributed by atoms with E-state index in [1.807, 2.05) is 6.92 Å². The highest BCUT2D eigenvalue weighted by atomic mass is 16.5. The molecule has 7 heteroatoms. The zero-order chi connectivity index (χ0) is 15.4. The first kappa shape index (κ1) is 14.6. The zero-order valence-corrected chi connectivity index (χ0v) is 11.5. The van der Waals surface area contributed by atoms with E-state index in [0.29, 0.717) is 12.2 Å². The van der Waals surface area contributed by atoms with E-state index in [2.05, 4.69) is 9.97 Å². The van der Waals surface area contributed by atoms with Crippen LogP contribution in [0.2, 0.25) is 0 Å². The smallest absolute Gasteiger partial charge is 0.339 e. The molecule has 0 aliphatic heterocycles. The van der Waals surface area contributed by atoms with E-state index in [1.165, 1.54) is 19.2 Å². The SMILES string of the molecule is CCc1nc(Oc2c(OC)cccc2C(=O)O)cc(=O)[nH]1. The second kappa shape index (κ2) is 6.08. The fourth-order valence-corrected chi connectivity index (χ4v) is 1.76. The number of nitrogens with one attached hydrogen (secondary N) is 1. The number of para-hydroxylation sites is 1.